The van der Waals surface area contributed by atoms with E-state index < -0.39 is 5.82 Å². The van der Waals surface area contributed by atoms with Crippen molar-refractivity contribution in [2.75, 3.05) is 7.11 Å². The molecule has 5 heteroatoms. The summed E-state index contributed by atoms with van der Waals surface area (Å²) in [6.45, 7) is 0.277. The number of hydrogen-bond donors (Lipinski definition) is 1. The van der Waals surface area contributed by atoms with Gasteiger partial charge >= 0.3 is 0 Å². The van der Waals surface area contributed by atoms with Gasteiger partial charge in [-0.1, -0.05) is 11.6 Å². The molecule has 1 N–H and O–H groups in total. The summed E-state index contributed by atoms with van der Waals surface area (Å²) in [7, 11) is 1.52. The van der Waals surface area contributed by atoms with Crippen molar-refractivity contribution in [2.45, 2.75) is 6.61 Å². The van der Waals surface area contributed by atoms with E-state index in [1.165, 1.54) is 13.2 Å². The van der Waals surface area contributed by atoms with Crippen LogP contribution in [0.5, 0.6) is 0 Å². The second kappa shape index (κ2) is 4.23. The molecule has 0 unspecified atom stereocenters. The number of halogens is 2. The quantitative estimate of drug-likeness (QED) is 0.878. The van der Waals surface area contributed by atoms with E-state index in [9.17, 15) is 9.18 Å². The molecule has 0 aliphatic carbocycles. The van der Waals surface area contributed by atoms with E-state index in [0.29, 0.717) is 11.2 Å². The van der Waals surface area contributed by atoms with E-state index in [0.717, 1.165) is 12.1 Å². The SMILES string of the molecule is COCc1cc(=O)c2cc(F)cc(Cl)c2[nH]1. The monoisotopic (exact) mass is 241 g/mol. The van der Waals surface area contributed by atoms with Crippen LogP contribution in [0.4, 0.5) is 4.39 Å². The predicted molar refractivity (Wildman–Crippen MR) is 60.2 cm³/mol. The highest BCUT2D eigenvalue weighted by molar-refractivity contribution is 6.35. The molecular formula is C11H9ClFNO2. The summed E-state index contributed by atoms with van der Waals surface area (Å²) in [6.07, 6.45) is 0. The summed E-state index contributed by atoms with van der Waals surface area (Å²) in [5.41, 5.74) is 0.762. The van der Waals surface area contributed by atoms with E-state index in [1.807, 2.05) is 0 Å². The number of pyridine rings is 1. The van der Waals surface area contributed by atoms with Crippen molar-refractivity contribution in [3.05, 3.63) is 45.0 Å². The number of aromatic nitrogens is 1. The normalized spacial score (nSPS) is 10.9. The van der Waals surface area contributed by atoms with Crippen LogP contribution in [0.25, 0.3) is 10.9 Å². The molecular weight excluding hydrogens is 233 g/mol. The first-order chi connectivity index (χ1) is 7.61. The number of aromatic amines is 1. The fourth-order valence-corrected chi connectivity index (χ4v) is 1.81. The Hall–Kier alpha value is -1.39. The molecule has 0 aliphatic heterocycles. The smallest absolute Gasteiger partial charge is 0.189 e. The van der Waals surface area contributed by atoms with Crippen LogP contribution in [0.2, 0.25) is 5.02 Å². The van der Waals surface area contributed by atoms with Crippen molar-refractivity contribution in [3.8, 4) is 0 Å². The van der Waals surface area contributed by atoms with Crippen LogP contribution in [0, 0.1) is 5.82 Å². The second-order valence-electron chi connectivity index (χ2n) is 3.40. The zero-order valence-corrected chi connectivity index (χ0v) is 9.27. The number of rotatable bonds is 2. The van der Waals surface area contributed by atoms with Crippen molar-refractivity contribution >= 4 is 22.5 Å². The Bertz CT molecular complexity index is 594. The predicted octanol–water partition coefficient (Wildman–Crippen LogP) is 2.47. The average Bonchev–Trinajstić information content (AvgIpc) is 2.20. The van der Waals surface area contributed by atoms with Gasteiger partial charge in [0.2, 0.25) is 0 Å². The summed E-state index contributed by atoms with van der Waals surface area (Å²) in [5.74, 6) is -0.525. The fourth-order valence-electron chi connectivity index (χ4n) is 1.56. The van der Waals surface area contributed by atoms with Crippen molar-refractivity contribution in [3.63, 3.8) is 0 Å². The Morgan fingerprint density at radius 1 is 1.44 bits per heavy atom. The first kappa shape index (κ1) is 11.1. The van der Waals surface area contributed by atoms with Crippen LogP contribution in [-0.4, -0.2) is 12.1 Å². The molecule has 0 amide bonds. The zero-order chi connectivity index (χ0) is 11.7. The van der Waals surface area contributed by atoms with Gasteiger partial charge in [0, 0.05) is 24.3 Å². The maximum Gasteiger partial charge on any atom is 0.189 e. The molecule has 16 heavy (non-hydrogen) atoms. The number of fused-ring (bicyclic) bond motifs is 1. The largest absolute Gasteiger partial charge is 0.378 e. The summed E-state index contributed by atoms with van der Waals surface area (Å²) in [6, 6.07) is 3.70. The molecule has 2 aromatic rings. The Kier molecular flexibility index (Phi) is 2.94. The lowest BCUT2D eigenvalue weighted by Gasteiger charge is -2.05. The van der Waals surface area contributed by atoms with Crippen molar-refractivity contribution in [2.24, 2.45) is 0 Å². The van der Waals surface area contributed by atoms with Gasteiger partial charge in [-0.2, -0.15) is 0 Å². The average molecular weight is 242 g/mol. The van der Waals surface area contributed by atoms with Gasteiger partial charge in [-0.3, -0.25) is 4.79 Å². The van der Waals surface area contributed by atoms with Gasteiger partial charge in [0.1, 0.15) is 5.82 Å². The number of H-pyrrole nitrogens is 1. The molecule has 1 aromatic heterocycles. The first-order valence-electron chi connectivity index (χ1n) is 4.61. The highest BCUT2D eigenvalue weighted by Gasteiger charge is 2.07. The molecule has 0 bridgehead atoms. The minimum atomic E-state index is -0.525. The molecule has 3 nitrogen and oxygen atoms in total. The minimum absolute atomic E-state index is 0.185. The van der Waals surface area contributed by atoms with Gasteiger partial charge in [0.25, 0.3) is 0 Å². The van der Waals surface area contributed by atoms with Crippen LogP contribution in [-0.2, 0) is 11.3 Å². The molecule has 2 rings (SSSR count). The number of benzene rings is 1. The summed E-state index contributed by atoms with van der Waals surface area (Å²) < 4.78 is 18.0. The third-order valence-corrected chi connectivity index (χ3v) is 2.51. The van der Waals surface area contributed by atoms with E-state index in [2.05, 4.69) is 4.98 Å². The number of ether oxygens (including phenoxy) is 1. The Morgan fingerprint density at radius 3 is 2.88 bits per heavy atom. The number of nitrogens with one attached hydrogen (secondary N) is 1. The van der Waals surface area contributed by atoms with Crippen LogP contribution in [0.3, 0.4) is 0 Å². The highest BCUT2D eigenvalue weighted by Crippen LogP contribution is 2.21. The van der Waals surface area contributed by atoms with Gasteiger partial charge in [-0.25, -0.2) is 4.39 Å². The van der Waals surface area contributed by atoms with Gasteiger partial charge in [0.05, 0.1) is 17.1 Å². The third kappa shape index (κ3) is 1.94. The maximum absolute atomic E-state index is 13.1. The van der Waals surface area contributed by atoms with E-state index in [-0.39, 0.29) is 22.4 Å². The first-order valence-corrected chi connectivity index (χ1v) is 4.99. The number of methoxy groups -OCH3 is 1. The lowest BCUT2D eigenvalue weighted by molar-refractivity contribution is 0.181. The van der Waals surface area contributed by atoms with Crippen LogP contribution in [0.1, 0.15) is 5.69 Å². The molecule has 0 saturated heterocycles. The van der Waals surface area contributed by atoms with Crippen LogP contribution in [0.15, 0.2) is 23.0 Å². The molecule has 0 fully saturated rings. The van der Waals surface area contributed by atoms with E-state index in [4.69, 9.17) is 16.3 Å². The van der Waals surface area contributed by atoms with Crippen LogP contribution >= 0.6 is 11.6 Å². The lowest BCUT2D eigenvalue weighted by Crippen LogP contribution is -2.06. The third-order valence-electron chi connectivity index (χ3n) is 2.21. The highest BCUT2D eigenvalue weighted by atomic mass is 35.5. The molecule has 0 atom stereocenters. The van der Waals surface area contributed by atoms with Gasteiger partial charge in [-0.15, -0.1) is 0 Å². The summed E-state index contributed by atoms with van der Waals surface area (Å²) in [4.78, 5) is 14.6. The Morgan fingerprint density at radius 2 is 2.19 bits per heavy atom. The van der Waals surface area contributed by atoms with Gasteiger partial charge in [0.15, 0.2) is 5.43 Å². The topological polar surface area (TPSA) is 42.1 Å². The van der Waals surface area contributed by atoms with Crippen molar-refractivity contribution in [1.82, 2.24) is 4.98 Å². The molecule has 0 saturated carbocycles. The molecule has 1 heterocycles. The van der Waals surface area contributed by atoms with E-state index in [1.54, 1.807) is 0 Å². The van der Waals surface area contributed by atoms with Gasteiger partial charge < -0.3 is 9.72 Å². The standard InChI is InChI=1S/C11H9ClFNO2/c1-16-5-7-4-10(15)8-2-6(13)3-9(12)11(8)14-7/h2-4H,5H2,1H3,(H,14,15). The number of hydrogen-bond acceptors (Lipinski definition) is 2. The molecule has 0 spiro atoms. The molecule has 84 valence electrons. The van der Waals surface area contributed by atoms with E-state index >= 15 is 0 Å². The van der Waals surface area contributed by atoms with Crippen LogP contribution < -0.4 is 5.43 Å². The van der Waals surface area contributed by atoms with Crippen molar-refractivity contribution < 1.29 is 9.13 Å². The molecule has 1 aromatic carbocycles. The maximum atomic E-state index is 13.1. The lowest BCUT2D eigenvalue weighted by atomic mass is 10.2. The van der Waals surface area contributed by atoms with Crippen molar-refractivity contribution in [1.29, 1.82) is 0 Å². The van der Waals surface area contributed by atoms with Gasteiger partial charge in [-0.05, 0) is 12.1 Å². The second-order valence-corrected chi connectivity index (χ2v) is 3.81. The molecule has 0 aliphatic rings. The summed E-state index contributed by atoms with van der Waals surface area (Å²) in [5, 5.41) is 0.426. The fraction of sp³-hybridized carbons (Fsp3) is 0.182. The molecule has 0 radical (unpaired) electrons. The minimum Gasteiger partial charge on any atom is -0.378 e. The summed E-state index contributed by atoms with van der Waals surface area (Å²) >= 11 is 5.86. The zero-order valence-electron chi connectivity index (χ0n) is 8.51. The Labute approximate surface area is 95.8 Å². The Balaban J connectivity index is 2.77.